The molecule has 40 heavy (non-hydrogen) atoms. The number of para-hydroxylation sites is 2. The number of rotatable bonds is 14. The molecule has 0 radical (unpaired) electrons. The highest BCUT2D eigenvalue weighted by Crippen LogP contribution is 2.26. The first-order chi connectivity index (χ1) is 18.8. The second kappa shape index (κ2) is 14.1. The molecule has 0 bridgehead atoms. The standard InChI is InChI=1S/C25H24F4N2O9/c1-37-17(32)9-15(30)19(34)24(39-22-11(26)5-3-6-12(22)27)21(36)25(20(35)16(31)10-18(33)38-2)40-23-13(28)7-4-8-14(23)29/h3-8,15-16,24-25H,9-10,30-31H2,1-2H3/t15-,16-,24?,25?/m0/s1. The van der Waals surface area contributed by atoms with Crippen LogP contribution in [0, 0.1) is 23.3 Å². The molecule has 0 spiro atoms. The maximum absolute atomic E-state index is 14.4. The van der Waals surface area contributed by atoms with E-state index < -0.39 is 101 Å². The number of hydrogen-bond acceptors (Lipinski definition) is 11. The van der Waals surface area contributed by atoms with Gasteiger partial charge in [0, 0.05) is 0 Å². The molecule has 0 aliphatic rings. The molecule has 0 aliphatic heterocycles. The second-order valence-corrected chi connectivity index (χ2v) is 8.08. The molecule has 0 amide bonds. The zero-order chi connectivity index (χ0) is 30.1. The summed E-state index contributed by atoms with van der Waals surface area (Å²) in [5.74, 6) is -14.9. The molecule has 2 rings (SSSR count). The Hall–Kier alpha value is -4.37. The third-order valence-corrected chi connectivity index (χ3v) is 5.30. The van der Waals surface area contributed by atoms with Gasteiger partial charge in [-0.05, 0) is 24.3 Å². The summed E-state index contributed by atoms with van der Waals surface area (Å²) in [6.45, 7) is 0. The SMILES string of the molecule is COC(=O)C[C@H](N)C(=O)C(Oc1c(F)cccc1F)C(=O)C(Oc1c(F)cccc1F)C(=O)[C@@H](N)CC(=O)OC. The molecule has 2 unspecified atom stereocenters. The van der Waals surface area contributed by atoms with Gasteiger partial charge in [-0.25, -0.2) is 17.6 Å². The molecule has 216 valence electrons. The summed E-state index contributed by atoms with van der Waals surface area (Å²) in [6, 6.07) is 0.917. The van der Waals surface area contributed by atoms with Gasteiger partial charge in [-0.1, -0.05) is 12.1 Å². The smallest absolute Gasteiger partial charge is 0.307 e. The third-order valence-electron chi connectivity index (χ3n) is 5.30. The number of ketones is 3. The van der Waals surface area contributed by atoms with Crippen LogP contribution in [0.15, 0.2) is 36.4 Å². The van der Waals surface area contributed by atoms with Gasteiger partial charge >= 0.3 is 11.9 Å². The van der Waals surface area contributed by atoms with Gasteiger partial charge in [0.15, 0.2) is 46.3 Å². The number of carbonyl (C=O) groups is 5. The Balaban J connectivity index is 2.63. The van der Waals surface area contributed by atoms with Gasteiger partial charge in [-0.2, -0.15) is 0 Å². The number of carbonyl (C=O) groups excluding carboxylic acids is 5. The Morgan fingerprint density at radius 2 is 0.925 bits per heavy atom. The highest BCUT2D eigenvalue weighted by Gasteiger charge is 2.44. The maximum atomic E-state index is 14.4. The minimum absolute atomic E-state index is 0.707. The third kappa shape index (κ3) is 7.83. The average molecular weight is 572 g/mol. The normalized spacial score (nSPS) is 13.8. The zero-order valence-electron chi connectivity index (χ0n) is 21.0. The second-order valence-electron chi connectivity index (χ2n) is 8.08. The molecule has 0 fully saturated rings. The monoisotopic (exact) mass is 572 g/mol. The van der Waals surface area contributed by atoms with Gasteiger partial charge in [-0.3, -0.25) is 24.0 Å². The molecule has 0 saturated heterocycles. The van der Waals surface area contributed by atoms with Crippen molar-refractivity contribution in [1.29, 1.82) is 0 Å². The number of ether oxygens (including phenoxy) is 4. The van der Waals surface area contributed by atoms with Crippen LogP contribution < -0.4 is 20.9 Å². The number of benzene rings is 2. The predicted molar refractivity (Wildman–Crippen MR) is 126 cm³/mol. The van der Waals surface area contributed by atoms with Crippen LogP contribution >= 0.6 is 0 Å². The number of halogens is 4. The Bertz CT molecular complexity index is 1150. The summed E-state index contributed by atoms with van der Waals surface area (Å²) < 4.78 is 76.3. The topological polar surface area (TPSA) is 174 Å². The van der Waals surface area contributed by atoms with Gasteiger partial charge in [0.05, 0.1) is 39.1 Å². The van der Waals surface area contributed by atoms with Crippen LogP contribution in [0.3, 0.4) is 0 Å². The highest BCUT2D eigenvalue weighted by atomic mass is 19.1. The van der Waals surface area contributed by atoms with E-state index in [0.29, 0.717) is 24.3 Å². The molecule has 4 N–H and O–H groups in total. The van der Waals surface area contributed by atoms with Crippen molar-refractivity contribution in [3.63, 3.8) is 0 Å². The van der Waals surface area contributed by atoms with Crippen molar-refractivity contribution in [2.45, 2.75) is 37.1 Å². The minimum Gasteiger partial charge on any atom is -0.469 e. The number of esters is 2. The molecule has 4 atom stereocenters. The Morgan fingerprint density at radius 1 is 0.625 bits per heavy atom. The molecular weight excluding hydrogens is 548 g/mol. The summed E-state index contributed by atoms with van der Waals surface area (Å²) in [6.07, 6.45) is -7.04. The van der Waals surface area contributed by atoms with Crippen molar-refractivity contribution in [1.82, 2.24) is 0 Å². The van der Waals surface area contributed by atoms with Gasteiger partial charge in [-0.15, -0.1) is 0 Å². The first-order valence-corrected chi connectivity index (χ1v) is 11.3. The largest absolute Gasteiger partial charge is 0.469 e. The summed E-state index contributed by atoms with van der Waals surface area (Å²) >= 11 is 0. The Morgan fingerprint density at radius 3 is 1.20 bits per heavy atom. The van der Waals surface area contributed by atoms with Crippen molar-refractivity contribution in [2.24, 2.45) is 11.5 Å². The average Bonchev–Trinajstić information content (AvgIpc) is 2.91. The predicted octanol–water partition coefficient (Wildman–Crippen LogP) is 0.926. The lowest BCUT2D eigenvalue weighted by Crippen LogP contribution is -2.55. The van der Waals surface area contributed by atoms with E-state index in [1.165, 1.54) is 0 Å². The van der Waals surface area contributed by atoms with E-state index >= 15 is 0 Å². The van der Waals surface area contributed by atoms with Gasteiger partial charge in [0.25, 0.3) is 0 Å². The van der Waals surface area contributed by atoms with Gasteiger partial charge in [0.2, 0.25) is 18.0 Å². The molecule has 0 heterocycles. The lowest BCUT2D eigenvalue weighted by molar-refractivity contribution is -0.150. The molecule has 2 aromatic carbocycles. The maximum Gasteiger partial charge on any atom is 0.307 e. The number of methoxy groups -OCH3 is 2. The lowest BCUT2D eigenvalue weighted by atomic mass is 9.94. The van der Waals surface area contributed by atoms with Crippen LogP contribution in [-0.4, -0.2) is 67.8 Å². The summed E-state index contributed by atoms with van der Waals surface area (Å²) in [5, 5.41) is 0. The molecule has 0 aliphatic carbocycles. The van der Waals surface area contributed by atoms with Crippen molar-refractivity contribution >= 4 is 29.3 Å². The molecule has 11 nitrogen and oxygen atoms in total. The van der Waals surface area contributed by atoms with Crippen molar-refractivity contribution < 1.29 is 60.5 Å². The Labute approximate surface area is 224 Å². The van der Waals surface area contributed by atoms with Gasteiger partial charge in [0.1, 0.15) is 0 Å². The van der Waals surface area contributed by atoms with E-state index in [-0.39, 0.29) is 0 Å². The van der Waals surface area contributed by atoms with Crippen molar-refractivity contribution in [3.05, 3.63) is 59.7 Å². The summed E-state index contributed by atoms with van der Waals surface area (Å²) in [7, 11) is 1.92. The molecule has 2 aromatic rings. The van der Waals surface area contributed by atoms with E-state index in [1.807, 2.05) is 0 Å². The Kier molecular flexibility index (Phi) is 11.3. The number of Topliss-reactive ketones (excluding diaryl/α,β-unsaturated/α-hetero) is 3. The van der Waals surface area contributed by atoms with Crippen LogP contribution in [-0.2, 0) is 33.4 Å². The number of nitrogens with two attached hydrogens (primary N) is 2. The first-order valence-electron chi connectivity index (χ1n) is 11.3. The quantitative estimate of drug-likeness (QED) is 0.187. The van der Waals surface area contributed by atoms with Crippen LogP contribution in [0.1, 0.15) is 12.8 Å². The zero-order valence-corrected chi connectivity index (χ0v) is 21.0. The highest BCUT2D eigenvalue weighted by molar-refractivity contribution is 6.18. The minimum atomic E-state index is -2.68. The van der Waals surface area contributed by atoms with Crippen molar-refractivity contribution in [2.75, 3.05) is 14.2 Å². The van der Waals surface area contributed by atoms with E-state index in [4.69, 9.17) is 20.9 Å². The van der Waals surface area contributed by atoms with Crippen molar-refractivity contribution in [3.8, 4) is 11.5 Å². The molecule has 0 saturated carbocycles. The molecule has 0 aromatic heterocycles. The van der Waals surface area contributed by atoms with E-state index in [0.717, 1.165) is 26.4 Å². The molecular formula is C25H24F4N2O9. The fraction of sp³-hybridized carbons (Fsp3) is 0.320. The van der Waals surface area contributed by atoms with Crippen LogP contribution in [0.5, 0.6) is 11.5 Å². The van der Waals surface area contributed by atoms with Crippen LogP contribution in [0.4, 0.5) is 17.6 Å². The number of hydrogen-bond donors (Lipinski definition) is 2. The summed E-state index contributed by atoms with van der Waals surface area (Å²) in [5.41, 5.74) is 11.4. The first kappa shape index (κ1) is 31.8. The van der Waals surface area contributed by atoms with E-state index in [9.17, 15) is 41.5 Å². The van der Waals surface area contributed by atoms with Crippen LogP contribution in [0.25, 0.3) is 0 Å². The van der Waals surface area contributed by atoms with E-state index in [1.54, 1.807) is 0 Å². The fourth-order valence-electron chi connectivity index (χ4n) is 3.19. The molecule has 15 heteroatoms. The van der Waals surface area contributed by atoms with Gasteiger partial charge < -0.3 is 30.4 Å². The fourth-order valence-corrected chi connectivity index (χ4v) is 3.19. The van der Waals surface area contributed by atoms with Crippen LogP contribution in [0.2, 0.25) is 0 Å². The summed E-state index contributed by atoms with van der Waals surface area (Å²) in [4.78, 5) is 63.1. The van der Waals surface area contributed by atoms with E-state index in [2.05, 4.69) is 9.47 Å². The lowest BCUT2D eigenvalue weighted by Gasteiger charge is -2.26.